The van der Waals surface area contributed by atoms with E-state index in [9.17, 15) is 14.4 Å². The van der Waals surface area contributed by atoms with Crippen molar-refractivity contribution in [3.63, 3.8) is 0 Å². The number of hydrogen-bond donors (Lipinski definition) is 1. The lowest BCUT2D eigenvalue weighted by atomic mass is 10.2. The Balaban J connectivity index is 1.89. The van der Waals surface area contributed by atoms with Crippen LogP contribution in [0, 0.1) is 0 Å². The normalized spacial score (nSPS) is 15.9. The van der Waals surface area contributed by atoms with Crippen molar-refractivity contribution in [2.45, 2.75) is 65.1 Å². The maximum atomic E-state index is 12.5. The molecule has 1 fully saturated rings. The molecule has 2 amide bonds. The number of hydrogen-bond acceptors (Lipinski definition) is 5. The van der Waals surface area contributed by atoms with E-state index in [1.165, 1.54) is 12.1 Å². The minimum absolute atomic E-state index is 0.154. The molecule has 0 aromatic heterocycles. The summed E-state index contributed by atoms with van der Waals surface area (Å²) >= 11 is 0. The van der Waals surface area contributed by atoms with Crippen LogP contribution in [0.2, 0.25) is 0 Å². The van der Waals surface area contributed by atoms with E-state index in [0.29, 0.717) is 24.3 Å². The molecule has 0 spiro atoms. The van der Waals surface area contributed by atoms with Gasteiger partial charge in [0.15, 0.2) is 6.10 Å². The van der Waals surface area contributed by atoms with Crippen molar-refractivity contribution in [2.24, 2.45) is 0 Å². The van der Waals surface area contributed by atoms with E-state index < -0.39 is 23.8 Å². The number of nitrogens with zero attached hydrogens (tertiary/aromatic N) is 1. The highest BCUT2D eigenvalue weighted by atomic mass is 16.6. The van der Waals surface area contributed by atoms with Crippen LogP contribution in [0.1, 0.15) is 63.7 Å². The minimum atomic E-state index is -0.829. The Bertz CT molecular complexity index is 686. The molecule has 0 radical (unpaired) electrons. The number of amides is 2. The molecule has 28 heavy (non-hydrogen) atoms. The quantitative estimate of drug-likeness (QED) is 0.786. The first kappa shape index (κ1) is 21.7. The van der Waals surface area contributed by atoms with Gasteiger partial charge in [-0.25, -0.2) is 9.59 Å². The van der Waals surface area contributed by atoms with Crippen LogP contribution in [-0.4, -0.2) is 47.7 Å². The fourth-order valence-corrected chi connectivity index (χ4v) is 2.94. The number of ether oxygens (including phenoxy) is 2. The van der Waals surface area contributed by atoms with Crippen molar-refractivity contribution >= 4 is 23.7 Å². The molecule has 0 bridgehead atoms. The highest BCUT2D eigenvalue weighted by Gasteiger charge is 2.25. The van der Waals surface area contributed by atoms with Gasteiger partial charge in [-0.15, -0.1) is 0 Å². The number of benzene rings is 1. The molecular weight excluding hydrogens is 360 g/mol. The zero-order valence-corrected chi connectivity index (χ0v) is 17.1. The van der Waals surface area contributed by atoms with E-state index in [0.717, 1.165) is 25.7 Å². The zero-order chi connectivity index (χ0) is 20.7. The number of nitrogens with one attached hydrogen (secondary N) is 1. The molecule has 2 rings (SSSR count). The molecule has 0 unspecified atom stereocenters. The first-order chi connectivity index (χ1) is 13.2. The number of carbonyl (C=O) groups excluding carboxylic acids is 3. The van der Waals surface area contributed by atoms with Crippen molar-refractivity contribution < 1.29 is 23.9 Å². The Morgan fingerprint density at radius 3 is 2.11 bits per heavy atom. The standard InChI is InChI=1S/C21H30N2O5/c1-15(18(24)23-13-7-5-6-8-14-23)27-19(25)16-9-11-17(12-10-16)22-20(26)28-21(2,3)4/h9-12,15H,5-8,13-14H2,1-4H3,(H,22,26)/t15-/m1/s1. The van der Waals surface area contributed by atoms with Gasteiger partial charge in [0.05, 0.1) is 5.56 Å². The predicted molar refractivity (Wildman–Crippen MR) is 106 cm³/mol. The smallest absolute Gasteiger partial charge is 0.412 e. The summed E-state index contributed by atoms with van der Waals surface area (Å²) in [5, 5.41) is 2.60. The lowest BCUT2D eigenvalue weighted by Gasteiger charge is -2.24. The Morgan fingerprint density at radius 2 is 1.57 bits per heavy atom. The van der Waals surface area contributed by atoms with E-state index in [1.54, 1.807) is 44.7 Å². The van der Waals surface area contributed by atoms with Gasteiger partial charge in [-0.3, -0.25) is 10.1 Å². The number of esters is 1. The van der Waals surface area contributed by atoms with Gasteiger partial charge in [0, 0.05) is 18.8 Å². The summed E-state index contributed by atoms with van der Waals surface area (Å²) in [6, 6.07) is 6.25. The molecule has 1 aromatic rings. The minimum Gasteiger partial charge on any atom is -0.449 e. The van der Waals surface area contributed by atoms with Crippen LogP contribution >= 0.6 is 0 Å². The van der Waals surface area contributed by atoms with Crippen LogP contribution in [0.4, 0.5) is 10.5 Å². The van der Waals surface area contributed by atoms with Crippen molar-refractivity contribution in [3.8, 4) is 0 Å². The Morgan fingerprint density at radius 1 is 1.00 bits per heavy atom. The molecule has 7 nitrogen and oxygen atoms in total. The Kier molecular flexibility index (Phi) is 7.43. The monoisotopic (exact) mass is 390 g/mol. The molecule has 1 aromatic carbocycles. The van der Waals surface area contributed by atoms with Gasteiger partial charge in [0.1, 0.15) is 5.60 Å². The molecule has 1 atom stereocenters. The van der Waals surface area contributed by atoms with Crippen LogP contribution in [0.3, 0.4) is 0 Å². The second-order valence-corrected chi connectivity index (χ2v) is 7.99. The van der Waals surface area contributed by atoms with E-state index in [4.69, 9.17) is 9.47 Å². The van der Waals surface area contributed by atoms with E-state index in [-0.39, 0.29) is 5.91 Å². The van der Waals surface area contributed by atoms with Crippen LogP contribution in [0.15, 0.2) is 24.3 Å². The summed E-state index contributed by atoms with van der Waals surface area (Å²) in [6.07, 6.45) is 2.82. The maximum Gasteiger partial charge on any atom is 0.412 e. The van der Waals surface area contributed by atoms with Gasteiger partial charge in [0.25, 0.3) is 5.91 Å². The Hall–Kier alpha value is -2.57. The van der Waals surface area contributed by atoms with Crippen LogP contribution in [-0.2, 0) is 14.3 Å². The summed E-state index contributed by atoms with van der Waals surface area (Å²) in [6.45, 7) is 8.36. The summed E-state index contributed by atoms with van der Waals surface area (Å²) in [4.78, 5) is 38.4. The number of anilines is 1. The molecule has 1 saturated heterocycles. The third-order valence-electron chi connectivity index (χ3n) is 4.32. The maximum absolute atomic E-state index is 12.5. The fourth-order valence-electron chi connectivity index (χ4n) is 2.94. The van der Waals surface area contributed by atoms with Crippen molar-refractivity contribution in [3.05, 3.63) is 29.8 Å². The largest absolute Gasteiger partial charge is 0.449 e. The molecule has 0 saturated carbocycles. The first-order valence-electron chi connectivity index (χ1n) is 9.75. The van der Waals surface area contributed by atoms with Crippen molar-refractivity contribution in [1.82, 2.24) is 4.90 Å². The molecular formula is C21H30N2O5. The van der Waals surface area contributed by atoms with Gasteiger partial charge in [-0.2, -0.15) is 0 Å². The molecule has 1 aliphatic heterocycles. The molecule has 0 aliphatic carbocycles. The lowest BCUT2D eigenvalue weighted by Crippen LogP contribution is -2.40. The summed E-state index contributed by atoms with van der Waals surface area (Å²) in [5.74, 6) is -0.724. The summed E-state index contributed by atoms with van der Waals surface area (Å²) < 4.78 is 10.5. The van der Waals surface area contributed by atoms with Gasteiger partial charge in [-0.1, -0.05) is 12.8 Å². The molecule has 7 heteroatoms. The van der Waals surface area contributed by atoms with Gasteiger partial charge >= 0.3 is 12.1 Å². The van der Waals surface area contributed by atoms with E-state index in [2.05, 4.69) is 5.32 Å². The number of carbonyl (C=O) groups is 3. The second-order valence-electron chi connectivity index (χ2n) is 7.99. The number of likely N-dealkylation sites (tertiary alicyclic amines) is 1. The third-order valence-corrected chi connectivity index (χ3v) is 4.32. The summed E-state index contributed by atoms with van der Waals surface area (Å²) in [5.41, 5.74) is 0.217. The third kappa shape index (κ3) is 6.87. The number of rotatable bonds is 4. The van der Waals surface area contributed by atoms with Gasteiger partial charge in [0.2, 0.25) is 0 Å². The Labute approximate surface area is 166 Å². The molecule has 1 aliphatic rings. The molecule has 154 valence electrons. The highest BCUT2D eigenvalue weighted by molar-refractivity contribution is 5.93. The average molecular weight is 390 g/mol. The van der Waals surface area contributed by atoms with E-state index in [1.807, 2.05) is 0 Å². The van der Waals surface area contributed by atoms with Gasteiger partial charge < -0.3 is 14.4 Å². The second kappa shape index (κ2) is 9.57. The van der Waals surface area contributed by atoms with Crippen molar-refractivity contribution in [1.29, 1.82) is 0 Å². The zero-order valence-electron chi connectivity index (χ0n) is 17.1. The molecule has 1 heterocycles. The lowest BCUT2D eigenvalue weighted by molar-refractivity contribution is -0.139. The van der Waals surface area contributed by atoms with Crippen molar-refractivity contribution in [2.75, 3.05) is 18.4 Å². The first-order valence-corrected chi connectivity index (χ1v) is 9.75. The van der Waals surface area contributed by atoms with Crippen LogP contribution in [0.25, 0.3) is 0 Å². The SMILES string of the molecule is C[C@@H](OC(=O)c1ccc(NC(=O)OC(C)(C)C)cc1)C(=O)N1CCCCCC1. The average Bonchev–Trinajstić information content (AvgIpc) is 2.89. The highest BCUT2D eigenvalue weighted by Crippen LogP contribution is 2.15. The molecule has 1 N–H and O–H groups in total. The van der Waals surface area contributed by atoms with Gasteiger partial charge in [-0.05, 0) is 64.8 Å². The summed E-state index contributed by atoms with van der Waals surface area (Å²) in [7, 11) is 0. The topological polar surface area (TPSA) is 84.9 Å². The van der Waals surface area contributed by atoms with E-state index >= 15 is 0 Å². The van der Waals surface area contributed by atoms with Crippen LogP contribution < -0.4 is 5.32 Å². The van der Waals surface area contributed by atoms with Crippen LogP contribution in [0.5, 0.6) is 0 Å². The predicted octanol–water partition coefficient (Wildman–Crippen LogP) is 3.98. The fraction of sp³-hybridized carbons (Fsp3) is 0.571.